The molecule has 0 saturated carbocycles. The molecule has 0 aromatic heterocycles. The minimum absolute atomic E-state index is 0.134. The number of ether oxygens (including phenoxy) is 1. The van der Waals surface area contributed by atoms with Gasteiger partial charge in [0, 0.05) is 17.5 Å². The Morgan fingerprint density at radius 3 is 3.00 bits per heavy atom. The van der Waals surface area contributed by atoms with Crippen LogP contribution < -0.4 is 10.5 Å². The Bertz CT molecular complexity index is 285. The average Bonchev–Trinajstić information content (AvgIpc) is 2.12. The Labute approximate surface area is 72.3 Å². The molecule has 2 nitrogen and oxygen atoms in total. The summed E-state index contributed by atoms with van der Waals surface area (Å²) in [6.07, 6.45) is 0. The van der Waals surface area contributed by atoms with Crippen LogP contribution in [0.25, 0.3) is 0 Å². The zero-order valence-corrected chi connectivity index (χ0v) is 7.16. The molecule has 0 saturated heterocycles. The van der Waals surface area contributed by atoms with Gasteiger partial charge in [-0.1, -0.05) is 25.1 Å². The highest BCUT2D eigenvalue weighted by Gasteiger charge is 2.23. The molecule has 0 bridgehead atoms. The maximum Gasteiger partial charge on any atom is 0.124 e. The zero-order chi connectivity index (χ0) is 8.55. The van der Waals surface area contributed by atoms with Gasteiger partial charge in [0.05, 0.1) is 6.61 Å². The third kappa shape index (κ3) is 1.08. The number of rotatable bonds is 0. The van der Waals surface area contributed by atoms with Gasteiger partial charge >= 0.3 is 0 Å². The molecule has 1 heterocycles. The minimum atomic E-state index is 0.134. The highest BCUT2D eigenvalue weighted by atomic mass is 16.5. The standard InChI is InChI=1S/C10H13NO/c1-7-6-12-9-5-3-2-4-8(9)10(7)11/h2-5,7,10H,6,11H2,1H3/t7-,10-/m0/s1. The third-order valence-corrected chi connectivity index (χ3v) is 2.39. The van der Waals surface area contributed by atoms with Crippen LogP contribution in [0.2, 0.25) is 0 Å². The molecule has 1 aromatic carbocycles. The molecule has 1 aromatic rings. The molecule has 0 spiro atoms. The van der Waals surface area contributed by atoms with E-state index in [-0.39, 0.29) is 6.04 Å². The van der Waals surface area contributed by atoms with E-state index >= 15 is 0 Å². The molecule has 1 aliphatic heterocycles. The maximum absolute atomic E-state index is 6.01. The van der Waals surface area contributed by atoms with Crippen LogP contribution in [0.5, 0.6) is 5.75 Å². The monoisotopic (exact) mass is 163 g/mol. The molecule has 0 amide bonds. The Hall–Kier alpha value is -1.02. The van der Waals surface area contributed by atoms with Gasteiger partial charge in [-0.05, 0) is 6.07 Å². The first-order valence-electron chi connectivity index (χ1n) is 4.26. The molecule has 2 heteroatoms. The van der Waals surface area contributed by atoms with Gasteiger partial charge in [0.25, 0.3) is 0 Å². The summed E-state index contributed by atoms with van der Waals surface area (Å²) in [5.74, 6) is 1.36. The second-order valence-electron chi connectivity index (χ2n) is 3.35. The number of fused-ring (bicyclic) bond motifs is 1. The molecular formula is C10H13NO. The van der Waals surface area contributed by atoms with Gasteiger partial charge in [0.2, 0.25) is 0 Å². The first-order valence-corrected chi connectivity index (χ1v) is 4.26. The lowest BCUT2D eigenvalue weighted by molar-refractivity contribution is 0.207. The molecule has 0 radical (unpaired) electrons. The van der Waals surface area contributed by atoms with E-state index in [4.69, 9.17) is 10.5 Å². The number of nitrogens with two attached hydrogens (primary N) is 1. The fourth-order valence-electron chi connectivity index (χ4n) is 1.52. The summed E-state index contributed by atoms with van der Waals surface area (Å²) in [6, 6.07) is 8.12. The topological polar surface area (TPSA) is 35.2 Å². The fraction of sp³-hybridized carbons (Fsp3) is 0.400. The number of benzene rings is 1. The Morgan fingerprint density at radius 2 is 2.17 bits per heavy atom. The molecule has 64 valence electrons. The summed E-state index contributed by atoms with van der Waals surface area (Å²) in [5, 5.41) is 0. The molecule has 0 unspecified atom stereocenters. The van der Waals surface area contributed by atoms with Crippen LogP contribution in [0.4, 0.5) is 0 Å². The van der Waals surface area contributed by atoms with E-state index in [9.17, 15) is 0 Å². The fourth-order valence-corrected chi connectivity index (χ4v) is 1.52. The van der Waals surface area contributed by atoms with Gasteiger partial charge in [-0.3, -0.25) is 0 Å². The van der Waals surface area contributed by atoms with Crippen molar-refractivity contribution in [3.8, 4) is 5.75 Å². The third-order valence-electron chi connectivity index (χ3n) is 2.39. The van der Waals surface area contributed by atoms with Crippen molar-refractivity contribution in [2.45, 2.75) is 13.0 Å². The average molecular weight is 163 g/mol. The first kappa shape index (κ1) is 7.62. The summed E-state index contributed by atoms with van der Waals surface area (Å²) in [5.41, 5.74) is 7.15. The maximum atomic E-state index is 6.01. The van der Waals surface area contributed by atoms with Crippen molar-refractivity contribution >= 4 is 0 Å². The predicted octanol–water partition coefficient (Wildman–Crippen LogP) is 1.71. The SMILES string of the molecule is C[C@H]1COc2ccccc2[C@H]1N. The number of hydrogen-bond donors (Lipinski definition) is 1. The molecule has 2 N–H and O–H groups in total. The Morgan fingerprint density at radius 1 is 1.42 bits per heavy atom. The predicted molar refractivity (Wildman–Crippen MR) is 48.0 cm³/mol. The molecule has 12 heavy (non-hydrogen) atoms. The minimum Gasteiger partial charge on any atom is -0.493 e. The van der Waals surface area contributed by atoms with E-state index in [0.29, 0.717) is 5.92 Å². The van der Waals surface area contributed by atoms with Crippen LogP contribution in [0.3, 0.4) is 0 Å². The molecule has 1 aliphatic rings. The Kier molecular flexibility index (Phi) is 1.77. The van der Waals surface area contributed by atoms with Crippen LogP contribution in [-0.2, 0) is 0 Å². The lowest BCUT2D eigenvalue weighted by Crippen LogP contribution is -2.29. The zero-order valence-electron chi connectivity index (χ0n) is 7.16. The second kappa shape index (κ2) is 2.79. The van der Waals surface area contributed by atoms with Crippen molar-refractivity contribution in [3.05, 3.63) is 29.8 Å². The van der Waals surface area contributed by atoms with E-state index in [1.165, 1.54) is 0 Å². The largest absolute Gasteiger partial charge is 0.493 e. The molecular weight excluding hydrogens is 150 g/mol. The van der Waals surface area contributed by atoms with E-state index in [0.717, 1.165) is 17.9 Å². The van der Waals surface area contributed by atoms with Gasteiger partial charge in [0.1, 0.15) is 5.75 Å². The van der Waals surface area contributed by atoms with Gasteiger partial charge in [-0.2, -0.15) is 0 Å². The Balaban J connectivity index is 2.42. The second-order valence-corrected chi connectivity index (χ2v) is 3.35. The van der Waals surface area contributed by atoms with Crippen LogP contribution >= 0.6 is 0 Å². The quantitative estimate of drug-likeness (QED) is 0.632. The van der Waals surface area contributed by atoms with Gasteiger partial charge in [0.15, 0.2) is 0 Å². The highest BCUT2D eigenvalue weighted by Crippen LogP contribution is 2.32. The van der Waals surface area contributed by atoms with Crippen molar-refractivity contribution in [3.63, 3.8) is 0 Å². The molecule has 0 fully saturated rings. The van der Waals surface area contributed by atoms with Crippen LogP contribution in [0.15, 0.2) is 24.3 Å². The van der Waals surface area contributed by atoms with Gasteiger partial charge in [-0.25, -0.2) is 0 Å². The van der Waals surface area contributed by atoms with E-state index < -0.39 is 0 Å². The van der Waals surface area contributed by atoms with Crippen molar-refractivity contribution in [2.75, 3.05) is 6.61 Å². The van der Waals surface area contributed by atoms with Gasteiger partial charge < -0.3 is 10.5 Å². The van der Waals surface area contributed by atoms with Crippen LogP contribution in [-0.4, -0.2) is 6.61 Å². The number of para-hydroxylation sites is 1. The summed E-state index contributed by atoms with van der Waals surface area (Å²) in [7, 11) is 0. The summed E-state index contributed by atoms with van der Waals surface area (Å²) < 4.78 is 5.53. The van der Waals surface area contributed by atoms with Crippen molar-refractivity contribution in [1.82, 2.24) is 0 Å². The van der Waals surface area contributed by atoms with Crippen molar-refractivity contribution in [2.24, 2.45) is 11.7 Å². The van der Waals surface area contributed by atoms with Crippen LogP contribution in [0, 0.1) is 5.92 Å². The molecule has 0 aliphatic carbocycles. The smallest absolute Gasteiger partial charge is 0.124 e. The van der Waals surface area contributed by atoms with E-state index in [1.807, 2.05) is 24.3 Å². The van der Waals surface area contributed by atoms with Crippen molar-refractivity contribution in [1.29, 1.82) is 0 Å². The van der Waals surface area contributed by atoms with Crippen molar-refractivity contribution < 1.29 is 4.74 Å². The summed E-state index contributed by atoms with van der Waals surface area (Å²) in [4.78, 5) is 0. The number of hydrogen-bond acceptors (Lipinski definition) is 2. The lowest BCUT2D eigenvalue weighted by Gasteiger charge is -2.28. The summed E-state index contributed by atoms with van der Waals surface area (Å²) >= 11 is 0. The van der Waals surface area contributed by atoms with Gasteiger partial charge in [-0.15, -0.1) is 0 Å². The molecule has 2 atom stereocenters. The first-order chi connectivity index (χ1) is 5.79. The highest BCUT2D eigenvalue weighted by molar-refractivity contribution is 5.37. The van der Waals surface area contributed by atoms with E-state index in [1.54, 1.807) is 0 Å². The normalized spacial score (nSPS) is 27.5. The molecule has 2 rings (SSSR count). The van der Waals surface area contributed by atoms with E-state index in [2.05, 4.69) is 6.92 Å². The lowest BCUT2D eigenvalue weighted by atomic mass is 9.93. The summed E-state index contributed by atoms with van der Waals surface area (Å²) in [6.45, 7) is 2.85. The van der Waals surface area contributed by atoms with Crippen LogP contribution in [0.1, 0.15) is 18.5 Å².